The predicted octanol–water partition coefficient (Wildman–Crippen LogP) is 3.91. The molecule has 0 radical (unpaired) electrons. The second-order valence-electron chi connectivity index (χ2n) is 6.01. The zero-order valence-corrected chi connectivity index (χ0v) is 15.4. The number of nitrogens with zero attached hydrogens (tertiary/aromatic N) is 3. The van der Waals surface area contributed by atoms with Gasteiger partial charge in [-0.05, 0) is 54.8 Å². The number of fused-ring (bicyclic) bond motifs is 1. The Balaban J connectivity index is 1.89. The number of carbonyl (C=O) groups excluding carboxylic acids is 1. The Kier molecular flexibility index (Phi) is 4.81. The number of hydrogen-bond donors (Lipinski definition) is 0. The maximum absolute atomic E-state index is 12.2. The molecule has 3 rings (SSSR count). The maximum atomic E-state index is 12.2. The van der Waals surface area contributed by atoms with Crippen molar-refractivity contribution in [2.45, 2.75) is 13.8 Å². The zero-order valence-electron chi connectivity index (χ0n) is 14.6. The number of amides is 1. The second-order valence-corrected chi connectivity index (χ2v) is 6.98. The Hall–Kier alpha value is -3.06. The number of aromatic nitrogens is 1. The number of non-ortho nitro benzene ring substituents is 1. The molecule has 26 heavy (non-hydrogen) atoms. The first-order chi connectivity index (χ1) is 12.3. The molecule has 6 nitrogen and oxygen atoms in total. The van der Waals surface area contributed by atoms with E-state index in [1.165, 1.54) is 35.1 Å². The van der Waals surface area contributed by atoms with Gasteiger partial charge in [0.15, 0.2) is 4.80 Å². The first kappa shape index (κ1) is 17.8. The Morgan fingerprint density at radius 3 is 2.58 bits per heavy atom. The fourth-order valence-electron chi connectivity index (χ4n) is 2.68. The van der Waals surface area contributed by atoms with Crippen molar-refractivity contribution in [2.75, 3.05) is 0 Å². The summed E-state index contributed by atoms with van der Waals surface area (Å²) in [6.07, 6.45) is 2.96. The van der Waals surface area contributed by atoms with Gasteiger partial charge in [0.2, 0.25) is 0 Å². The Bertz CT molecular complexity index is 1110. The summed E-state index contributed by atoms with van der Waals surface area (Å²) in [5, 5.41) is 10.6. The van der Waals surface area contributed by atoms with Gasteiger partial charge < -0.3 is 4.57 Å². The van der Waals surface area contributed by atoms with Crippen molar-refractivity contribution >= 4 is 39.2 Å². The van der Waals surface area contributed by atoms with E-state index in [9.17, 15) is 14.9 Å². The third-order valence-corrected chi connectivity index (χ3v) is 5.25. The summed E-state index contributed by atoms with van der Waals surface area (Å²) in [5.74, 6) is -0.375. The molecule has 0 aliphatic carbocycles. The molecule has 0 spiro atoms. The monoisotopic (exact) mass is 367 g/mol. The van der Waals surface area contributed by atoms with Crippen LogP contribution in [0.1, 0.15) is 16.7 Å². The third kappa shape index (κ3) is 3.62. The largest absolute Gasteiger partial charge is 0.319 e. The van der Waals surface area contributed by atoms with Gasteiger partial charge in [-0.15, -0.1) is 0 Å². The Morgan fingerprint density at radius 2 is 1.92 bits per heavy atom. The lowest BCUT2D eigenvalue weighted by Gasteiger charge is -2.00. The summed E-state index contributed by atoms with van der Waals surface area (Å²) in [5.41, 5.74) is 4.10. The summed E-state index contributed by atoms with van der Waals surface area (Å²) < 4.78 is 3.03. The molecule has 132 valence electrons. The summed E-state index contributed by atoms with van der Waals surface area (Å²) in [6, 6.07) is 10.2. The first-order valence-electron chi connectivity index (χ1n) is 7.93. The van der Waals surface area contributed by atoms with Gasteiger partial charge in [0.05, 0.1) is 15.1 Å². The normalized spacial score (nSPS) is 12.2. The van der Waals surface area contributed by atoms with Crippen molar-refractivity contribution in [1.82, 2.24) is 4.57 Å². The lowest BCUT2D eigenvalue weighted by molar-refractivity contribution is -0.384. The van der Waals surface area contributed by atoms with Crippen LogP contribution in [0.15, 0.2) is 47.5 Å². The highest BCUT2D eigenvalue weighted by Crippen LogP contribution is 2.22. The molecule has 0 saturated carbocycles. The van der Waals surface area contributed by atoms with E-state index in [2.05, 4.69) is 17.1 Å². The van der Waals surface area contributed by atoms with E-state index in [-0.39, 0.29) is 11.6 Å². The van der Waals surface area contributed by atoms with Crippen LogP contribution in [0.5, 0.6) is 0 Å². The van der Waals surface area contributed by atoms with E-state index in [4.69, 9.17) is 0 Å². The molecule has 1 heterocycles. The van der Waals surface area contributed by atoms with Gasteiger partial charge in [0.1, 0.15) is 0 Å². The van der Waals surface area contributed by atoms with E-state index in [0.717, 1.165) is 15.8 Å². The highest BCUT2D eigenvalue weighted by molar-refractivity contribution is 7.16. The molecule has 0 fully saturated rings. The number of nitro groups is 1. The van der Waals surface area contributed by atoms with Gasteiger partial charge in [0, 0.05) is 25.3 Å². The minimum atomic E-state index is -0.459. The number of thiazole rings is 1. The van der Waals surface area contributed by atoms with Crippen LogP contribution in [0.4, 0.5) is 5.69 Å². The fraction of sp³-hybridized carbons (Fsp3) is 0.158. The first-order valence-corrected chi connectivity index (χ1v) is 8.75. The molecule has 0 N–H and O–H groups in total. The number of hydrogen-bond acceptors (Lipinski definition) is 4. The van der Waals surface area contributed by atoms with E-state index in [1.807, 2.05) is 25.5 Å². The van der Waals surface area contributed by atoms with Crippen molar-refractivity contribution < 1.29 is 9.72 Å². The molecule has 7 heteroatoms. The molecule has 3 aromatic rings. The molecule has 0 unspecified atom stereocenters. The molecule has 0 atom stereocenters. The molecule has 0 saturated heterocycles. The van der Waals surface area contributed by atoms with E-state index in [1.54, 1.807) is 18.2 Å². The second kappa shape index (κ2) is 7.05. The van der Waals surface area contributed by atoms with Crippen LogP contribution in [0, 0.1) is 24.0 Å². The quantitative estimate of drug-likeness (QED) is 0.400. The average molecular weight is 367 g/mol. The molecular weight excluding hydrogens is 350 g/mol. The van der Waals surface area contributed by atoms with E-state index >= 15 is 0 Å². The van der Waals surface area contributed by atoms with Gasteiger partial charge in [0.25, 0.3) is 11.6 Å². The lowest BCUT2D eigenvalue weighted by Crippen LogP contribution is -2.12. The van der Waals surface area contributed by atoms with Gasteiger partial charge in [-0.25, -0.2) is 0 Å². The van der Waals surface area contributed by atoms with E-state index in [0.29, 0.717) is 10.4 Å². The van der Waals surface area contributed by atoms with Crippen molar-refractivity contribution in [3.05, 3.63) is 74.1 Å². The molecular formula is C19H17N3O3S. The maximum Gasteiger partial charge on any atom is 0.272 e. The molecule has 0 aliphatic rings. The molecule has 0 bridgehead atoms. The highest BCUT2D eigenvalue weighted by Gasteiger charge is 2.07. The summed E-state index contributed by atoms with van der Waals surface area (Å²) >= 11 is 1.48. The van der Waals surface area contributed by atoms with E-state index < -0.39 is 4.92 Å². The van der Waals surface area contributed by atoms with Gasteiger partial charge in [-0.2, -0.15) is 4.99 Å². The van der Waals surface area contributed by atoms with Crippen LogP contribution in [-0.4, -0.2) is 15.4 Å². The fourth-order valence-corrected chi connectivity index (χ4v) is 3.75. The van der Waals surface area contributed by atoms with Gasteiger partial charge in [-0.1, -0.05) is 17.4 Å². The molecule has 0 aliphatic heterocycles. The minimum absolute atomic E-state index is 0.0149. The average Bonchev–Trinajstić information content (AvgIpc) is 2.90. The van der Waals surface area contributed by atoms with Crippen LogP contribution < -0.4 is 4.80 Å². The Morgan fingerprint density at radius 1 is 1.23 bits per heavy atom. The summed E-state index contributed by atoms with van der Waals surface area (Å²) in [4.78, 5) is 27.2. The van der Waals surface area contributed by atoms with Crippen LogP contribution >= 0.6 is 11.3 Å². The number of rotatable bonds is 3. The van der Waals surface area contributed by atoms with Crippen LogP contribution in [-0.2, 0) is 11.8 Å². The van der Waals surface area contributed by atoms with Crippen molar-refractivity contribution in [2.24, 2.45) is 12.0 Å². The molecule has 1 aromatic heterocycles. The highest BCUT2D eigenvalue weighted by atomic mass is 32.1. The van der Waals surface area contributed by atoms with Crippen LogP contribution in [0.3, 0.4) is 0 Å². The van der Waals surface area contributed by atoms with Crippen LogP contribution in [0.2, 0.25) is 0 Å². The topological polar surface area (TPSA) is 77.5 Å². The third-order valence-electron chi connectivity index (χ3n) is 3.97. The lowest BCUT2D eigenvalue weighted by atomic mass is 10.1. The predicted molar refractivity (Wildman–Crippen MR) is 103 cm³/mol. The van der Waals surface area contributed by atoms with Crippen molar-refractivity contribution in [3.8, 4) is 0 Å². The SMILES string of the molecule is Cc1cc(C)c2sc(=NC(=O)/C=C\c3ccc([N+](=O)[O-])cc3)n(C)c2c1. The number of carbonyl (C=O) groups is 1. The zero-order chi connectivity index (χ0) is 18.8. The van der Waals surface area contributed by atoms with Crippen LogP contribution in [0.25, 0.3) is 16.3 Å². The summed E-state index contributed by atoms with van der Waals surface area (Å²) in [6.45, 7) is 4.09. The standard InChI is InChI=1S/C19H17N3O3S/c1-12-10-13(2)18-16(11-12)21(3)19(26-18)20-17(23)9-6-14-4-7-15(8-5-14)22(24)25/h4-11H,1-3H3/b9-6-,20-19?. The molecule has 2 aromatic carbocycles. The number of aryl methyl sites for hydroxylation is 3. The smallest absolute Gasteiger partial charge is 0.272 e. The molecule has 1 amide bonds. The minimum Gasteiger partial charge on any atom is -0.319 e. The van der Waals surface area contributed by atoms with Gasteiger partial charge in [-0.3, -0.25) is 14.9 Å². The van der Waals surface area contributed by atoms with Crippen molar-refractivity contribution in [3.63, 3.8) is 0 Å². The van der Waals surface area contributed by atoms with Crippen molar-refractivity contribution in [1.29, 1.82) is 0 Å². The number of benzene rings is 2. The Labute approximate surface area is 153 Å². The number of nitro benzene ring substituents is 1. The van der Waals surface area contributed by atoms with Gasteiger partial charge >= 0.3 is 0 Å². The summed E-state index contributed by atoms with van der Waals surface area (Å²) in [7, 11) is 1.89.